The standard InChI is InChI=1S/C14H17F2NO/c15-14(16,10-4-2-1-3-5-10)9-17-12-8-11-6-7-13(12)18-11/h1-5,11-13,17H,6-9H2. The zero-order valence-electron chi connectivity index (χ0n) is 10.1. The van der Waals surface area contributed by atoms with Gasteiger partial charge in [0.25, 0.3) is 5.92 Å². The molecule has 1 aromatic rings. The van der Waals surface area contributed by atoms with Gasteiger partial charge in [0.05, 0.1) is 18.8 Å². The molecule has 18 heavy (non-hydrogen) atoms. The van der Waals surface area contributed by atoms with E-state index in [0.717, 1.165) is 19.3 Å². The van der Waals surface area contributed by atoms with Gasteiger partial charge in [0.2, 0.25) is 0 Å². The summed E-state index contributed by atoms with van der Waals surface area (Å²) in [6.07, 6.45) is 3.38. The molecule has 0 saturated carbocycles. The maximum Gasteiger partial charge on any atom is 0.285 e. The monoisotopic (exact) mass is 253 g/mol. The topological polar surface area (TPSA) is 21.3 Å². The van der Waals surface area contributed by atoms with E-state index < -0.39 is 5.92 Å². The lowest BCUT2D eigenvalue weighted by molar-refractivity contribution is -0.00814. The van der Waals surface area contributed by atoms with E-state index >= 15 is 0 Å². The maximum absolute atomic E-state index is 13.9. The van der Waals surface area contributed by atoms with Crippen molar-refractivity contribution in [1.82, 2.24) is 5.32 Å². The highest BCUT2D eigenvalue weighted by atomic mass is 19.3. The van der Waals surface area contributed by atoms with Crippen LogP contribution in [-0.2, 0) is 10.7 Å². The molecule has 1 N–H and O–H groups in total. The summed E-state index contributed by atoms with van der Waals surface area (Å²) in [5, 5.41) is 2.98. The molecule has 3 unspecified atom stereocenters. The summed E-state index contributed by atoms with van der Waals surface area (Å²) in [5.41, 5.74) is 0.0709. The van der Waals surface area contributed by atoms with Crippen molar-refractivity contribution in [1.29, 1.82) is 0 Å². The van der Waals surface area contributed by atoms with Gasteiger partial charge in [0.1, 0.15) is 0 Å². The third-order valence-corrected chi connectivity index (χ3v) is 3.89. The number of alkyl halides is 2. The van der Waals surface area contributed by atoms with Crippen LogP contribution in [0, 0.1) is 0 Å². The van der Waals surface area contributed by atoms with E-state index in [1.165, 1.54) is 12.1 Å². The Hall–Kier alpha value is -1.00. The highest BCUT2D eigenvalue weighted by Gasteiger charge is 2.42. The first-order valence-corrected chi connectivity index (χ1v) is 6.47. The smallest absolute Gasteiger partial charge is 0.285 e. The molecule has 2 nitrogen and oxygen atoms in total. The zero-order chi connectivity index (χ0) is 12.6. The van der Waals surface area contributed by atoms with Gasteiger partial charge < -0.3 is 10.1 Å². The van der Waals surface area contributed by atoms with Crippen LogP contribution in [0.2, 0.25) is 0 Å². The van der Waals surface area contributed by atoms with Gasteiger partial charge in [-0.25, -0.2) is 0 Å². The van der Waals surface area contributed by atoms with Gasteiger partial charge in [-0.15, -0.1) is 0 Å². The predicted octanol–water partition coefficient (Wildman–Crippen LogP) is 2.69. The van der Waals surface area contributed by atoms with E-state index in [-0.39, 0.29) is 30.4 Å². The highest BCUT2D eigenvalue weighted by molar-refractivity contribution is 5.20. The number of hydrogen-bond acceptors (Lipinski definition) is 2. The van der Waals surface area contributed by atoms with Crippen LogP contribution in [-0.4, -0.2) is 24.8 Å². The van der Waals surface area contributed by atoms with Gasteiger partial charge in [-0.1, -0.05) is 30.3 Å². The summed E-state index contributed by atoms with van der Waals surface area (Å²) in [4.78, 5) is 0. The van der Waals surface area contributed by atoms with Crippen molar-refractivity contribution >= 4 is 0 Å². The molecule has 2 fully saturated rings. The van der Waals surface area contributed by atoms with E-state index in [0.29, 0.717) is 0 Å². The molecule has 4 heteroatoms. The Morgan fingerprint density at radius 1 is 1.22 bits per heavy atom. The highest BCUT2D eigenvalue weighted by Crippen LogP contribution is 2.35. The summed E-state index contributed by atoms with van der Waals surface area (Å²) in [6.45, 7) is -0.311. The quantitative estimate of drug-likeness (QED) is 0.890. The molecule has 0 spiro atoms. The molecule has 0 radical (unpaired) electrons. The Bertz CT molecular complexity index is 410. The minimum absolute atomic E-state index is 0.0709. The van der Waals surface area contributed by atoms with Crippen LogP contribution in [0.4, 0.5) is 8.78 Å². The van der Waals surface area contributed by atoms with Crippen molar-refractivity contribution in [3.05, 3.63) is 35.9 Å². The van der Waals surface area contributed by atoms with Gasteiger partial charge in [-0.05, 0) is 19.3 Å². The lowest BCUT2D eigenvalue weighted by Gasteiger charge is -2.24. The second kappa shape index (κ2) is 4.59. The SMILES string of the molecule is FC(F)(CNC1CC2CCC1O2)c1ccccc1. The second-order valence-corrected chi connectivity index (χ2v) is 5.17. The van der Waals surface area contributed by atoms with Crippen molar-refractivity contribution in [3.8, 4) is 0 Å². The Morgan fingerprint density at radius 2 is 2.00 bits per heavy atom. The normalized spacial score (nSPS) is 30.9. The molecule has 0 aromatic heterocycles. The van der Waals surface area contributed by atoms with Crippen LogP contribution in [0.25, 0.3) is 0 Å². The van der Waals surface area contributed by atoms with Crippen molar-refractivity contribution in [2.45, 2.75) is 43.4 Å². The molecule has 0 aliphatic carbocycles. The maximum atomic E-state index is 13.9. The first kappa shape index (κ1) is 12.1. The molecule has 3 rings (SSSR count). The summed E-state index contributed by atoms with van der Waals surface area (Å²) in [7, 11) is 0. The summed E-state index contributed by atoms with van der Waals surface area (Å²) in [6, 6.07) is 8.07. The van der Waals surface area contributed by atoms with Crippen LogP contribution in [0.3, 0.4) is 0 Å². The minimum Gasteiger partial charge on any atom is -0.373 e. The predicted molar refractivity (Wildman–Crippen MR) is 64.6 cm³/mol. The lowest BCUT2D eigenvalue weighted by Crippen LogP contribution is -2.42. The van der Waals surface area contributed by atoms with Crippen LogP contribution in [0.1, 0.15) is 24.8 Å². The van der Waals surface area contributed by atoms with E-state index in [9.17, 15) is 8.78 Å². The van der Waals surface area contributed by atoms with Crippen LogP contribution < -0.4 is 5.32 Å². The molecule has 98 valence electrons. The van der Waals surface area contributed by atoms with Crippen molar-refractivity contribution in [3.63, 3.8) is 0 Å². The number of rotatable bonds is 4. The molecule has 3 atom stereocenters. The number of hydrogen-bond donors (Lipinski definition) is 1. The summed E-state index contributed by atoms with van der Waals surface area (Å²) >= 11 is 0. The van der Waals surface area contributed by atoms with Crippen molar-refractivity contribution < 1.29 is 13.5 Å². The Kier molecular flexibility index (Phi) is 3.08. The zero-order valence-corrected chi connectivity index (χ0v) is 10.1. The number of ether oxygens (including phenoxy) is 1. The fourth-order valence-electron chi connectivity index (χ4n) is 2.90. The van der Waals surface area contributed by atoms with Crippen LogP contribution >= 0.6 is 0 Å². The molecule has 2 bridgehead atoms. The summed E-state index contributed by atoms with van der Waals surface area (Å²) < 4.78 is 33.5. The van der Waals surface area contributed by atoms with Gasteiger partial charge in [-0.2, -0.15) is 8.78 Å². The average Bonchev–Trinajstić information content (AvgIpc) is 3.00. The van der Waals surface area contributed by atoms with Crippen molar-refractivity contribution in [2.75, 3.05) is 6.54 Å². The average molecular weight is 253 g/mol. The van der Waals surface area contributed by atoms with Gasteiger partial charge >= 0.3 is 0 Å². The van der Waals surface area contributed by atoms with Crippen LogP contribution in [0.5, 0.6) is 0 Å². The largest absolute Gasteiger partial charge is 0.373 e. The lowest BCUT2D eigenvalue weighted by atomic mass is 9.95. The van der Waals surface area contributed by atoms with Gasteiger partial charge in [-0.3, -0.25) is 0 Å². The molecule has 2 aliphatic heterocycles. The van der Waals surface area contributed by atoms with Gasteiger partial charge in [0.15, 0.2) is 0 Å². The number of fused-ring (bicyclic) bond motifs is 2. The number of halogens is 2. The Balaban J connectivity index is 1.59. The third-order valence-electron chi connectivity index (χ3n) is 3.89. The summed E-state index contributed by atoms with van der Waals surface area (Å²) in [5.74, 6) is -2.82. The Labute approximate surface area is 105 Å². The fourth-order valence-corrected chi connectivity index (χ4v) is 2.90. The fraction of sp³-hybridized carbons (Fsp3) is 0.571. The molecule has 1 aromatic carbocycles. The first-order valence-electron chi connectivity index (χ1n) is 6.47. The molecule has 2 heterocycles. The molecule has 0 amide bonds. The first-order chi connectivity index (χ1) is 8.65. The van der Waals surface area contributed by atoms with E-state index in [1.807, 2.05) is 0 Å². The number of benzene rings is 1. The molecular formula is C14H17F2NO. The molecule has 2 aliphatic rings. The number of nitrogens with one attached hydrogen (secondary N) is 1. The second-order valence-electron chi connectivity index (χ2n) is 5.17. The molecule has 2 saturated heterocycles. The molecular weight excluding hydrogens is 236 g/mol. The third kappa shape index (κ3) is 2.27. The van der Waals surface area contributed by atoms with Crippen molar-refractivity contribution in [2.24, 2.45) is 0 Å². The van der Waals surface area contributed by atoms with E-state index in [1.54, 1.807) is 18.2 Å². The van der Waals surface area contributed by atoms with E-state index in [2.05, 4.69) is 5.32 Å². The van der Waals surface area contributed by atoms with Gasteiger partial charge in [0, 0.05) is 11.6 Å². The van der Waals surface area contributed by atoms with E-state index in [4.69, 9.17) is 4.74 Å². The minimum atomic E-state index is -2.82. The van der Waals surface area contributed by atoms with Crippen LogP contribution in [0.15, 0.2) is 30.3 Å². The Morgan fingerprint density at radius 3 is 2.61 bits per heavy atom.